The van der Waals surface area contributed by atoms with Gasteiger partial charge in [-0.25, -0.2) is 8.94 Å². The van der Waals surface area contributed by atoms with Crippen LogP contribution in [0.1, 0.15) is 0 Å². The van der Waals surface area contributed by atoms with Crippen LogP contribution in [0.5, 0.6) is 5.75 Å². The fraction of sp³-hybridized carbons (Fsp3) is 0.0667. The van der Waals surface area contributed by atoms with Crippen LogP contribution in [-0.2, 0) is 0 Å². The van der Waals surface area contributed by atoms with Gasteiger partial charge in [-0.05, 0) is 41.9 Å². The van der Waals surface area contributed by atoms with E-state index < -0.39 is 0 Å². The van der Waals surface area contributed by atoms with Gasteiger partial charge in [0.25, 0.3) is 5.56 Å². The minimum absolute atomic E-state index is 0.0124. The summed E-state index contributed by atoms with van der Waals surface area (Å²) in [4.78, 5) is 17.0. The fourth-order valence-electron chi connectivity index (χ4n) is 2.20. The fourth-order valence-corrected chi connectivity index (χ4v) is 4.22. The molecule has 0 fully saturated rings. The van der Waals surface area contributed by atoms with Crippen LogP contribution in [-0.4, -0.2) is 16.1 Å². The molecule has 0 unspecified atom stereocenters. The van der Waals surface area contributed by atoms with Crippen LogP contribution in [0, 0.1) is 0 Å². The Morgan fingerprint density at radius 3 is 2.81 bits per heavy atom. The van der Waals surface area contributed by atoms with Gasteiger partial charge in [0.1, 0.15) is 5.75 Å². The second-order valence-corrected chi connectivity index (χ2v) is 6.51. The first kappa shape index (κ1) is 12.6. The number of ether oxygens (including phenoxy) is 1. The van der Waals surface area contributed by atoms with E-state index in [1.807, 2.05) is 42.5 Å². The number of aromatic nitrogens is 2. The Hall–Kier alpha value is -2.18. The van der Waals surface area contributed by atoms with Crippen LogP contribution >= 0.6 is 22.9 Å². The molecule has 0 aliphatic heterocycles. The van der Waals surface area contributed by atoms with Gasteiger partial charge in [-0.3, -0.25) is 4.79 Å². The normalized spacial score (nSPS) is 11.3. The Labute approximate surface area is 128 Å². The molecule has 6 heteroatoms. The Balaban J connectivity index is 1.95. The molecule has 0 spiro atoms. The Bertz CT molecular complexity index is 1010. The average molecular weight is 314 g/mol. The molecule has 2 heterocycles. The van der Waals surface area contributed by atoms with Crippen LogP contribution in [0.2, 0.25) is 0 Å². The van der Waals surface area contributed by atoms with E-state index in [4.69, 9.17) is 4.74 Å². The number of benzene rings is 2. The van der Waals surface area contributed by atoms with E-state index in [-0.39, 0.29) is 5.56 Å². The van der Waals surface area contributed by atoms with Crippen molar-refractivity contribution < 1.29 is 4.74 Å². The van der Waals surface area contributed by atoms with E-state index >= 15 is 0 Å². The average Bonchev–Trinajstić information content (AvgIpc) is 3.08. The van der Waals surface area contributed by atoms with Crippen LogP contribution in [0.25, 0.3) is 25.4 Å². The largest absolute Gasteiger partial charge is 0.497 e. The summed E-state index contributed by atoms with van der Waals surface area (Å²) >= 11 is 2.91. The van der Waals surface area contributed by atoms with E-state index in [1.54, 1.807) is 11.1 Å². The first-order chi connectivity index (χ1) is 10.3. The van der Waals surface area contributed by atoms with Crippen molar-refractivity contribution in [2.24, 2.45) is 0 Å². The number of thiazole rings is 1. The molecule has 0 atom stereocenters. The number of fused-ring (bicyclic) bond motifs is 2. The highest BCUT2D eigenvalue weighted by Crippen LogP contribution is 2.29. The molecule has 0 saturated heterocycles. The molecule has 0 aliphatic carbocycles. The van der Waals surface area contributed by atoms with Crippen molar-refractivity contribution in [3.05, 3.63) is 52.8 Å². The minimum atomic E-state index is -0.0124. The van der Waals surface area contributed by atoms with Crippen LogP contribution in [0.3, 0.4) is 0 Å². The SMILES string of the molecule is COc1ccc2nc(-n3sc4ccccc4c3=O)sc2c1. The topological polar surface area (TPSA) is 44.1 Å². The number of hydrogen-bond acceptors (Lipinski definition) is 5. The van der Waals surface area contributed by atoms with Gasteiger partial charge >= 0.3 is 0 Å². The predicted molar refractivity (Wildman–Crippen MR) is 87.2 cm³/mol. The first-order valence-electron chi connectivity index (χ1n) is 6.32. The third-order valence-corrected chi connectivity index (χ3v) is 5.44. The van der Waals surface area contributed by atoms with Crippen LogP contribution in [0.15, 0.2) is 47.3 Å². The molecule has 0 saturated carbocycles. The van der Waals surface area contributed by atoms with Gasteiger partial charge in [0, 0.05) is 0 Å². The summed E-state index contributed by atoms with van der Waals surface area (Å²) in [5, 5.41) is 1.43. The van der Waals surface area contributed by atoms with Gasteiger partial charge in [-0.15, -0.1) is 0 Å². The number of nitrogens with zero attached hydrogens (tertiary/aromatic N) is 2. The third kappa shape index (κ3) is 1.95. The molecule has 2 aromatic heterocycles. The highest BCUT2D eigenvalue weighted by atomic mass is 32.1. The maximum atomic E-state index is 12.4. The lowest BCUT2D eigenvalue weighted by Crippen LogP contribution is -2.10. The standard InChI is InChI=1S/C15H10N2O2S2/c1-19-9-6-7-11-13(8-9)20-15(16-11)17-14(18)10-4-2-3-5-12(10)21-17/h2-8H,1H3. The lowest BCUT2D eigenvalue weighted by atomic mass is 10.3. The number of hydrogen-bond donors (Lipinski definition) is 0. The molecule has 0 radical (unpaired) electrons. The molecule has 4 aromatic rings. The second kappa shape index (κ2) is 4.68. The summed E-state index contributed by atoms with van der Waals surface area (Å²) in [5.41, 5.74) is 0.863. The van der Waals surface area contributed by atoms with Crippen molar-refractivity contribution in [2.75, 3.05) is 7.11 Å². The quantitative estimate of drug-likeness (QED) is 0.567. The van der Waals surface area contributed by atoms with E-state index in [2.05, 4.69) is 4.98 Å². The zero-order chi connectivity index (χ0) is 14.4. The van der Waals surface area contributed by atoms with Crippen molar-refractivity contribution in [1.29, 1.82) is 0 Å². The molecule has 0 N–H and O–H groups in total. The minimum Gasteiger partial charge on any atom is -0.497 e. The molecular weight excluding hydrogens is 304 g/mol. The predicted octanol–water partition coefficient (Wildman–Crippen LogP) is 3.67. The van der Waals surface area contributed by atoms with Gasteiger partial charge in [-0.2, -0.15) is 0 Å². The number of rotatable bonds is 2. The summed E-state index contributed by atoms with van der Waals surface area (Å²) in [7, 11) is 1.64. The van der Waals surface area contributed by atoms with Crippen molar-refractivity contribution >= 4 is 43.2 Å². The summed E-state index contributed by atoms with van der Waals surface area (Å²) in [6.45, 7) is 0. The molecule has 104 valence electrons. The van der Waals surface area contributed by atoms with Gasteiger partial charge < -0.3 is 4.74 Å². The van der Waals surface area contributed by atoms with E-state index in [0.29, 0.717) is 5.13 Å². The van der Waals surface area contributed by atoms with Crippen molar-refractivity contribution in [1.82, 2.24) is 8.94 Å². The lowest BCUT2D eigenvalue weighted by molar-refractivity contribution is 0.415. The Kier molecular flexibility index (Phi) is 2.80. The molecule has 2 aromatic carbocycles. The first-order valence-corrected chi connectivity index (χ1v) is 7.91. The molecule has 0 bridgehead atoms. The lowest BCUT2D eigenvalue weighted by Gasteiger charge is -1.96. The van der Waals surface area contributed by atoms with E-state index in [1.165, 1.54) is 22.9 Å². The monoisotopic (exact) mass is 314 g/mol. The molecule has 0 aliphatic rings. The summed E-state index contributed by atoms with van der Waals surface area (Å²) in [5.74, 6) is 0.793. The number of methoxy groups -OCH3 is 1. The highest BCUT2D eigenvalue weighted by molar-refractivity contribution is 7.22. The maximum absolute atomic E-state index is 12.4. The van der Waals surface area contributed by atoms with Crippen LogP contribution < -0.4 is 10.3 Å². The molecular formula is C15H10N2O2S2. The maximum Gasteiger partial charge on any atom is 0.275 e. The Morgan fingerprint density at radius 2 is 2.00 bits per heavy atom. The molecule has 4 nitrogen and oxygen atoms in total. The van der Waals surface area contributed by atoms with Gasteiger partial charge in [0.05, 0.1) is 27.4 Å². The zero-order valence-electron chi connectivity index (χ0n) is 11.1. The summed E-state index contributed by atoms with van der Waals surface area (Å²) in [6, 6.07) is 13.3. The molecule has 4 rings (SSSR count). The highest BCUT2D eigenvalue weighted by Gasteiger charge is 2.13. The summed E-state index contributed by atoms with van der Waals surface area (Å²) < 4.78 is 8.86. The third-order valence-electron chi connectivity index (χ3n) is 3.25. The molecule has 0 amide bonds. The van der Waals surface area contributed by atoms with Gasteiger partial charge in [0.15, 0.2) is 0 Å². The summed E-state index contributed by atoms with van der Waals surface area (Å²) in [6.07, 6.45) is 0. The van der Waals surface area contributed by atoms with Crippen molar-refractivity contribution in [3.8, 4) is 10.9 Å². The molecule has 21 heavy (non-hydrogen) atoms. The van der Waals surface area contributed by atoms with Crippen molar-refractivity contribution in [3.63, 3.8) is 0 Å². The second-order valence-electron chi connectivity index (χ2n) is 4.52. The van der Waals surface area contributed by atoms with E-state index in [9.17, 15) is 4.79 Å². The zero-order valence-corrected chi connectivity index (χ0v) is 12.7. The van der Waals surface area contributed by atoms with Crippen LogP contribution in [0.4, 0.5) is 0 Å². The Morgan fingerprint density at radius 1 is 1.14 bits per heavy atom. The van der Waals surface area contributed by atoms with Crippen molar-refractivity contribution in [2.45, 2.75) is 0 Å². The smallest absolute Gasteiger partial charge is 0.275 e. The van der Waals surface area contributed by atoms with Gasteiger partial charge in [0.2, 0.25) is 5.13 Å². The van der Waals surface area contributed by atoms with Gasteiger partial charge in [-0.1, -0.05) is 23.5 Å². The van der Waals surface area contributed by atoms with E-state index in [0.717, 1.165) is 26.1 Å².